The van der Waals surface area contributed by atoms with Gasteiger partial charge in [0.15, 0.2) is 5.96 Å². The van der Waals surface area contributed by atoms with Crippen molar-refractivity contribution < 1.29 is 21.6 Å². The molecule has 30 heavy (non-hydrogen) atoms. The van der Waals surface area contributed by atoms with Crippen molar-refractivity contribution in [1.82, 2.24) is 20.3 Å². The largest absolute Gasteiger partial charge is 0.416 e. The van der Waals surface area contributed by atoms with Gasteiger partial charge in [-0.3, -0.25) is 9.89 Å². The van der Waals surface area contributed by atoms with Crippen molar-refractivity contribution in [3.63, 3.8) is 0 Å². The maximum Gasteiger partial charge on any atom is 0.416 e. The Balaban J connectivity index is 0.00000450. The molecule has 0 radical (unpaired) electrons. The summed E-state index contributed by atoms with van der Waals surface area (Å²) in [5.74, 6) is 0.644. The summed E-state index contributed by atoms with van der Waals surface area (Å²) >= 11 is 0. The molecular weight excluding hydrogens is 534 g/mol. The molecule has 1 heterocycles. The van der Waals surface area contributed by atoms with E-state index >= 15 is 0 Å². The number of aliphatic imine (C=N–C) groups is 1. The van der Waals surface area contributed by atoms with Crippen molar-refractivity contribution in [2.24, 2.45) is 4.99 Å². The highest BCUT2D eigenvalue weighted by Gasteiger charge is 2.30. The first-order valence-electron chi connectivity index (χ1n) is 9.37. The van der Waals surface area contributed by atoms with E-state index in [1.165, 1.54) is 12.1 Å². The number of rotatable bonds is 8. The minimum Gasteiger partial charge on any atom is -0.356 e. The third-order valence-electron chi connectivity index (χ3n) is 4.53. The molecule has 0 bridgehead atoms. The van der Waals surface area contributed by atoms with Crippen LogP contribution in [-0.2, 0) is 22.7 Å². The maximum absolute atomic E-state index is 12.6. The first kappa shape index (κ1) is 26.9. The van der Waals surface area contributed by atoms with Gasteiger partial charge in [0.05, 0.1) is 11.8 Å². The summed E-state index contributed by atoms with van der Waals surface area (Å²) in [5.41, 5.74) is 0.211. The molecule has 1 saturated heterocycles. The second kappa shape index (κ2) is 12.1. The van der Waals surface area contributed by atoms with Gasteiger partial charge in [0, 0.05) is 45.8 Å². The van der Waals surface area contributed by atoms with Crippen LogP contribution in [0.3, 0.4) is 0 Å². The number of halogens is 4. The molecule has 1 aromatic rings. The number of guanidine groups is 1. The molecule has 0 aliphatic carbocycles. The van der Waals surface area contributed by atoms with Gasteiger partial charge < -0.3 is 10.6 Å². The fourth-order valence-corrected chi connectivity index (χ4v) is 3.61. The average molecular weight is 563 g/mol. The Morgan fingerprint density at radius 2 is 1.90 bits per heavy atom. The second-order valence-corrected chi connectivity index (χ2v) is 8.91. The van der Waals surface area contributed by atoms with Crippen LogP contribution < -0.4 is 15.4 Å². The van der Waals surface area contributed by atoms with Gasteiger partial charge in [0.1, 0.15) is 0 Å². The smallest absolute Gasteiger partial charge is 0.356 e. The van der Waals surface area contributed by atoms with Crippen molar-refractivity contribution >= 4 is 40.0 Å². The van der Waals surface area contributed by atoms with Crippen molar-refractivity contribution in [2.75, 3.05) is 39.5 Å². The molecule has 172 valence electrons. The Kier molecular flexibility index (Phi) is 10.8. The minimum atomic E-state index is -4.31. The third-order valence-corrected chi connectivity index (χ3v) is 5.26. The molecule has 0 aromatic heterocycles. The summed E-state index contributed by atoms with van der Waals surface area (Å²) in [6.45, 7) is 3.13. The molecule has 0 saturated carbocycles. The fraction of sp³-hybridized carbons (Fsp3) is 0.611. The predicted molar refractivity (Wildman–Crippen MR) is 123 cm³/mol. The minimum absolute atomic E-state index is 0. The molecule has 1 aromatic carbocycles. The van der Waals surface area contributed by atoms with Gasteiger partial charge in [0.2, 0.25) is 10.0 Å². The SMILES string of the molecule is CN=C(NCCCNS(C)(=O)=O)NC1CCN(Cc2ccc(C(F)(F)F)cc2)C1.I. The third kappa shape index (κ3) is 9.79. The van der Waals surface area contributed by atoms with Gasteiger partial charge in [-0.15, -0.1) is 24.0 Å². The van der Waals surface area contributed by atoms with Crippen molar-refractivity contribution in [3.05, 3.63) is 35.4 Å². The van der Waals surface area contributed by atoms with Crippen LogP contribution in [0.15, 0.2) is 29.3 Å². The van der Waals surface area contributed by atoms with E-state index in [0.29, 0.717) is 32.0 Å². The summed E-state index contributed by atoms with van der Waals surface area (Å²) in [6.07, 6.45) is -1.67. The van der Waals surface area contributed by atoms with E-state index in [1.54, 1.807) is 7.05 Å². The zero-order chi connectivity index (χ0) is 21.5. The van der Waals surface area contributed by atoms with Crippen LogP contribution in [0.2, 0.25) is 0 Å². The summed E-state index contributed by atoms with van der Waals surface area (Å²) < 4.78 is 62.4. The van der Waals surface area contributed by atoms with Gasteiger partial charge in [0.25, 0.3) is 0 Å². The summed E-state index contributed by atoms with van der Waals surface area (Å²) in [4.78, 5) is 6.35. The van der Waals surface area contributed by atoms with Crippen LogP contribution in [-0.4, -0.2) is 64.8 Å². The lowest BCUT2D eigenvalue weighted by Gasteiger charge is -2.19. The van der Waals surface area contributed by atoms with Crippen LogP contribution >= 0.6 is 24.0 Å². The summed E-state index contributed by atoms with van der Waals surface area (Å²) in [7, 11) is -1.51. The number of benzene rings is 1. The summed E-state index contributed by atoms with van der Waals surface area (Å²) in [6, 6.07) is 5.46. The number of nitrogens with one attached hydrogen (secondary N) is 3. The van der Waals surface area contributed by atoms with Gasteiger partial charge in [-0.25, -0.2) is 13.1 Å². The van der Waals surface area contributed by atoms with Crippen LogP contribution in [0.1, 0.15) is 24.0 Å². The number of likely N-dealkylation sites (tertiary alicyclic amines) is 1. The normalized spacial score (nSPS) is 18.2. The molecule has 1 fully saturated rings. The molecule has 2 rings (SSSR count). The second-order valence-electron chi connectivity index (χ2n) is 7.08. The van der Waals surface area contributed by atoms with E-state index in [4.69, 9.17) is 0 Å². The van der Waals surface area contributed by atoms with Crippen LogP contribution in [0.25, 0.3) is 0 Å². The van der Waals surface area contributed by atoms with Crippen LogP contribution in [0, 0.1) is 0 Å². The maximum atomic E-state index is 12.6. The van der Waals surface area contributed by atoms with Crippen molar-refractivity contribution in [2.45, 2.75) is 31.6 Å². The van der Waals surface area contributed by atoms with Gasteiger partial charge >= 0.3 is 6.18 Å². The van der Waals surface area contributed by atoms with Gasteiger partial charge in [-0.1, -0.05) is 12.1 Å². The van der Waals surface area contributed by atoms with Crippen molar-refractivity contribution in [1.29, 1.82) is 0 Å². The zero-order valence-corrected chi connectivity index (χ0v) is 20.1. The van der Waals surface area contributed by atoms with E-state index in [-0.39, 0.29) is 30.0 Å². The Labute approximate surface area is 193 Å². The van der Waals surface area contributed by atoms with Crippen LogP contribution in [0.5, 0.6) is 0 Å². The number of sulfonamides is 1. The number of hydrogen-bond donors (Lipinski definition) is 3. The molecule has 0 amide bonds. The highest BCUT2D eigenvalue weighted by molar-refractivity contribution is 14.0. The molecule has 1 aliphatic heterocycles. The lowest BCUT2D eigenvalue weighted by Crippen LogP contribution is -2.45. The molecular formula is C18H29F3IN5O2S. The Hall–Kier alpha value is -1.12. The number of hydrogen-bond acceptors (Lipinski definition) is 4. The lowest BCUT2D eigenvalue weighted by molar-refractivity contribution is -0.137. The molecule has 1 aliphatic rings. The number of alkyl halides is 3. The Morgan fingerprint density at radius 1 is 1.23 bits per heavy atom. The van der Waals surface area contributed by atoms with Gasteiger partial charge in [-0.05, 0) is 30.5 Å². The number of nitrogens with zero attached hydrogens (tertiary/aromatic N) is 2. The molecule has 0 spiro atoms. The quantitative estimate of drug-likeness (QED) is 0.195. The molecule has 1 atom stereocenters. The molecule has 3 N–H and O–H groups in total. The molecule has 7 nitrogen and oxygen atoms in total. The standard InChI is InChI=1S/C18H28F3N5O2S.HI/c1-22-17(23-9-3-10-24-29(2,27)28)25-16-8-11-26(13-16)12-14-4-6-15(7-5-14)18(19,20)21;/h4-7,16,24H,3,8-13H2,1-2H3,(H2,22,23,25);1H. The first-order chi connectivity index (χ1) is 13.6. The Bertz CT molecular complexity index is 788. The van der Waals surface area contributed by atoms with E-state index in [2.05, 4.69) is 25.2 Å². The van der Waals surface area contributed by atoms with Crippen molar-refractivity contribution in [3.8, 4) is 0 Å². The van der Waals surface area contributed by atoms with E-state index in [9.17, 15) is 21.6 Å². The van der Waals surface area contributed by atoms with E-state index < -0.39 is 21.8 Å². The summed E-state index contributed by atoms with van der Waals surface area (Å²) in [5, 5.41) is 6.47. The van der Waals surface area contributed by atoms with Crippen LogP contribution in [0.4, 0.5) is 13.2 Å². The molecule has 1 unspecified atom stereocenters. The lowest BCUT2D eigenvalue weighted by atomic mass is 10.1. The highest BCUT2D eigenvalue weighted by atomic mass is 127. The predicted octanol–water partition coefficient (Wildman–Crippen LogP) is 2.00. The van der Waals surface area contributed by atoms with Gasteiger partial charge in [-0.2, -0.15) is 13.2 Å². The van der Waals surface area contributed by atoms with E-state index in [1.807, 2.05) is 0 Å². The highest BCUT2D eigenvalue weighted by Crippen LogP contribution is 2.29. The monoisotopic (exact) mass is 563 g/mol. The molecule has 12 heteroatoms. The Morgan fingerprint density at radius 3 is 2.47 bits per heavy atom. The zero-order valence-electron chi connectivity index (χ0n) is 17.0. The average Bonchev–Trinajstić information content (AvgIpc) is 3.06. The topological polar surface area (TPSA) is 85.8 Å². The fourth-order valence-electron chi connectivity index (χ4n) is 3.09. The first-order valence-corrected chi connectivity index (χ1v) is 11.3. The van der Waals surface area contributed by atoms with E-state index in [0.717, 1.165) is 43.5 Å².